The number of methoxy groups -OCH3 is 1. The molecule has 0 radical (unpaired) electrons. The molecule has 3 atom stereocenters. The van der Waals surface area contributed by atoms with Gasteiger partial charge in [0.1, 0.15) is 14.2 Å². The maximum atomic E-state index is 9.76. The Bertz CT molecular complexity index is 365. The van der Waals surface area contributed by atoms with Crippen molar-refractivity contribution < 1.29 is 14.6 Å². The van der Waals surface area contributed by atoms with Crippen LogP contribution in [0.3, 0.4) is 0 Å². The molecule has 0 amide bonds. The van der Waals surface area contributed by atoms with Gasteiger partial charge in [0.25, 0.3) is 0 Å². The molecule has 0 aliphatic rings. The van der Waals surface area contributed by atoms with E-state index in [1.807, 2.05) is 44.2 Å². The maximum absolute atomic E-state index is 9.76. The van der Waals surface area contributed by atoms with Crippen LogP contribution in [0.2, 0.25) is 13.1 Å². The van der Waals surface area contributed by atoms with Crippen molar-refractivity contribution in [3.05, 3.63) is 35.9 Å². The quantitative estimate of drug-likeness (QED) is 0.782. The first-order valence-corrected chi connectivity index (χ1v) is 10.0. The van der Waals surface area contributed by atoms with Crippen molar-refractivity contribution in [3.63, 3.8) is 0 Å². The van der Waals surface area contributed by atoms with Gasteiger partial charge in [0, 0.05) is 19.1 Å². The molecule has 0 heterocycles. The number of aliphatic hydroxyl groups excluding tert-OH is 1. The number of hydrogen-bond acceptors (Lipinski definition) is 3. The molecular formula is C15H26O3Si. The van der Waals surface area contributed by atoms with Crippen molar-refractivity contribution in [2.75, 3.05) is 13.3 Å². The molecule has 4 heteroatoms. The monoisotopic (exact) mass is 282 g/mol. The molecular weight excluding hydrogens is 256 g/mol. The molecule has 0 bridgehead atoms. The van der Waals surface area contributed by atoms with Gasteiger partial charge in [0.2, 0.25) is 0 Å². The van der Waals surface area contributed by atoms with Crippen molar-refractivity contribution in [2.24, 2.45) is 0 Å². The minimum absolute atomic E-state index is 0.0297. The summed E-state index contributed by atoms with van der Waals surface area (Å²) in [6.07, 6.45) is 0.538. The van der Waals surface area contributed by atoms with Gasteiger partial charge in [0.15, 0.2) is 0 Å². The van der Waals surface area contributed by atoms with E-state index < -0.39 is 8.07 Å². The minimum atomic E-state index is -1.73. The molecule has 0 saturated carbocycles. The maximum Gasteiger partial charge on any atom is 0.110 e. The van der Waals surface area contributed by atoms with Gasteiger partial charge in [0.05, 0.1) is 6.10 Å². The Morgan fingerprint density at radius 1 is 1.16 bits per heavy atom. The van der Waals surface area contributed by atoms with Crippen LogP contribution >= 0.6 is 0 Å². The van der Waals surface area contributed by atoms with E-state index >= 15 is 0 Å². The Hall–Kier alpha value is -0.683. The first kappa shape index (κ1) is 16.4. The highest BCUT2D eigenvalue weighted by molar-refractivity contribution is 6.78. The molecule has 0 aliphatic carbocycles. The number of benzene rings is 1. The first-order valence-electron chi connectivity index (χ1n) is 6.76. The fraction of sp³-hybridized carbons (Fsp3) is 0.600. The van der Waals surface area contributed by atoms with Gasteiger partial charge in [-0.15, -0.1) is 0 Å². The Labute approximate surface area is 117 Å². The Morgan fingerprint density at radius 3 is 2.21 bits per heavy atom. The Morgan fingerprint density at radius 2 is 1.74 bits per heavy atom. The van der Waals surface area contributed by atoms with Gasteiger partial charge in [-0.05, 0) is 19.4 Å². The lowest BCUT2D eigenvalue weighted by atomic mass is 10.1. The van der Waals surface area contributed by atoms with E-state index in [4.69, 9.17) is 9.47 Å². The molecule has 1 N–H and O–H groups in total. The molecule has 1 rings (SSSR count). The smallest absolute Gasteiger partial charge is 0.110 e. The highest BCUT2D eigenvalue weighted by Crippen LogP contribution is 2.23. The number of ether oxygens (including phenoxy) is 2. The zero-order chi connectivity index (χ0) is 14.5. The average Bonchev–Trinajstić information content (AvgIpc) is 2.38. The van der Waals surface area contributed by atoms with Gasteiger partial charge in [-0.3, -0.25) is 0 Å². The predicted octanol–water partition coefficient (Wildman–Crippen LogP) is 2.95. The van der Waals surface area contributed by atoms with E-state index in [2.05, 4.69) is 13.1 Å². The van der Waals surface area contributed by atoms with Gasteiger partial charge in [-0.25, -0.2) is 0 Å². The first-order chi connectivity index (χ1) is 8.88. The van der Waals surface area contributed by atoms with Crippen molar-refractivity contribution in [3.8, 4) is 0 Å². The van der Waals surface area contributed by atoms with E-state index in [1.54, 1.807) is 7.11 Å². The second-order valence-electron chi connectivity index (χ2n) is 5.75. The van der Waals surface area contributed by atoms with Crippen LogP contribution in [0.25, 0.3) is 0 Å². The standard InChI is InChI=1S/C15H26O3Si/c1-12(18-11-19(4,5)13(2)16)15(17-3)14-9-7-6-8-10-14/h6-10,12-13,15-16H,11H2,1-5H3/t12-,13-,15-/m1/s1. The Balaban J connectivity index is 2.63. The normalized spacial score (nSPS) is 16.9. The van der Waals surface area contributed by atoms with E-state index in [1.165, 1.54) is 0 Å². The summed E-state index contributed by atoms with van der Waals surface area (Å²) in [5, 5.41) is 9.76. The zero-order valence-corrected chi connectivity index (χ0v) is 13.6. The minimum Gasteiger partial charge on any atom is -0.397 e. The highest BCUT2D eigenvalue weighted by atomic mass is 28.3. The van der Waals surface area contributed by atoms with Gasteiger partial charge in [-0.2, -0.15) is 0 Å². The third-order valence-electron chi connectivity index (χ3n) is 3.66. The third kappa shape index (κ3) is 4.73. The van der Waals surface area contributed by atoms with Crippen LogP contribution in [0.5, 0.6) is 0 Å². The van der Waals surface area contributed by atoms with Crippen LogP contribution in [0.4, 0.5) is 0 Å². The molecule has 1 aromatic rings. The van der Waals surface area contributed by atoms with E-state index in [-0.39, 0.29) is 17.9 Å². The molecule has 1 aromatic carbocycles. The molecule has 19 heavy (non-hydrogen) atoms. The van der Waals surface area contributed by atoms with Crippen LogP contribution in [0.15, 0.2) is 30.3 Å². The van der Waals surface area contributed by atoms with Crippen LogP contribution < -0.4 is 0 Å². The van der Waals surface area contributed by atoms with Crippen LogP contribution in [0.1, 0.15) is 25.5 Å². The summed E-state index contributed by atoms with van der Waals surface area (Å²) in [7, 11) is -0.0221. The predicted molar refractivity (Wildman–Crippen MR) is 80.8 cm³/mol. The molecule has 0 spiro atoms. The number of aliphatic hydroxyl groups is 1. The summed E-state index contributed by atoms with van der Waals surface area (Å²) >= 11 is 0. The molecule has 0 saturated heterocycles. The molecule has 0 fully saturated rings. The largest absolute Gasteiger partial charge is 0.397 e. The fourth-order valence-electron chi connectivity index (χ4n) is 1.80. The van der Waals surface area contributed by atoms with Crippen molar-refractivity contribution in [1.29, 1.82) is 0 Å². The van der Waals surface area contributed by atoms with Crippen molar-refractivity contribution in [2.45, 2.75) is 44.9 Å². The van der Waals surface area contributed by atoms with Gasteiger partial charge >= 0.3 is 0 Å². The summed E-state index contributed by atoms with van der Waals surface area (Å²) in [6.45, 7) is 8.14. The van der Waals surface area contributed by atoms with Crippen molar-refractivity contribution in [1.82, 2.24) is 0 Å². The second kappa shape index (κ2) is 7.19. The van der Waals surface area contributed by atoms with Crippen LogP contribution in [-0.4, -0.2) is 38.4 Å². The van der Waals surface area contributed by atoms with E-state index in [0.29, 0.717) is 6.23 Å². The number of rotatable bonds is 7. The third-order valence-corrected chi connectivity index (χ3v) is 6.83. The summed E-state index contributed by atoms with van der Waals surface area (Å²) < 4.78 is 11.5. The summed E-state index contributed by atoms with van der Waals surface area (Å²) in [6, 6.07) is 10.1. The highest BCUT2D eigenvalue weighted by Gasteiger charge is 2.29. The summed E-state index contributed by atoms with van der Waals surface area (Å²) in [5.41, 5.74) is 0.853. The molecule has 108 valence electrons. The number of hydrogen-bond donors (Lipinski definition) is 1. The molecule has 3 nitrogen and oxygen atoms in total. The van der Waals surface area contributed by atoms with Crippen LogP contribution in [0, 0.1) is 0 Å². The lowest BCUT2D eigenvalue weighted by Crippen LogP contribution is -2.46. The second-order valence-corrected chi connectivity index (χ2v) is 10.8. The summed E-state index contributed by atoms with van der Waals surface area (Å²) in [5.74, 6) is 0. The molecule has 0 unspecified atom stereocenters. The van der Waals surface area contributed by atoms with E-state index in [9.17, 15) is 5.11 Å². The molecule has 0 aliphatic heterocycles. The lowest BCUT2D eigenvalue weighted by Gasteiger charge is -2.30. The average molecular weight is 282 g/mol. The van der Waals surface area contributed by atoms with Gasteiger partial charge < -0.3 is 14.6 Å². The van der Waals surface area contributed by atoms with Crippen LogP contribution in [-0.2, 0) is 9.47 Å². The Kier molecular flexibility index (Phi) is 6.20. The summed E-state index contributed by atoms with van der Waals surface area (Å²) in [4.78, 5) is 0. The van der Waals surface area contributed by atoms with Crippen molar-refractivity contribution >= 4 is 8.07 Å². The molecule has 0 aromatic heterocycles. The fourth-order valence-corrected chi connectivity index (χ4v) is 2.73. The zero-order valence-electron chi connectivity index (χ0n) is 12.6. The van der Waals surface area contributed by atoms with E-state index in [0.717, 1.165) is 5.56 Å². The van der Waals surface area contributed by atoms with Gasteiger partial charge in [-0.1, -0.05) is 43.4 Å². The topological polar surface area (TPSA) is 38.7 Å². The SMILES string of the molecule is CO[C@@H](c1ccccc1)[C@@H](C)OC[Si](C)(C)[C@H](C)O. The lowest BCUT2D eigenvalue weighted by molar-refractivity contribution is -0.0370.